The Kier molecular flexibility index (Phi) is 6.21. The Labute approximate surface area is 136 Å². The van der Waals surface area contributed by atoms with Crippen molar-refractivity contribution in [1.82, 2.24) is 9.97 Å². The molecule has 1 heterocycles. The van der Waals surface area contributed by atoms with Crippen LogP contribution in [0, 0.1) is 13.8 Å². The number of benzene rings is 1. The van der Waals surface area contributed by atoms with E-state index in [2.05, 4.69) is 46.5 Å². The molecule has 2 rings (SSSR count). The maximum Gasteiger partial charge on any atom is 0.223 e. The van der Waals surface area contributed by atoms with Gasteiger partial charge in [0.05, 0.1) is 12.6 Å². The molecule has 0 amide bonds. The van der Waals surface area contributed by atoms with E-state index in [9.17, 15) is 0 Å². The molecule has 0 aliphatic carbocycles. The van der Waals surface area contributed by atoms with Crippen molar-refractivity contribution in [2.45, 2.75) is 31.7 Å². The molecule has 1 aromatic heterocycles. The van der Waals surface area contributed by atoms with Crippen LogP contribution in [0.2, 0.25) is 0 Å². The molecule has 1 atom stereocenters. The second-order valence-corrected chi connectivity index (χ2v) is 6.42. The summed E-state index contributed by atoms with van der Waals surface area (Å²) in [5.41, 5.74) is 3.18. The van der Waals surface area contributed by atoms with Gasteiger partial charge in [0.15, 0.2) is 0 Å². The predicted octanol–water partition coefficient (Wildman–Crippen LogP) is 4.01. The van der Waals surface area contributed by atoms with E-state index in [4.69, 9.17) is 4.74 Å². The molecule has 0 aliphatic rings. The average molecular weight is 317 g/mol. The van der Waals surface area contributed by atoms with Gasteiger partial charge in [0.25, 0.3) is 0 Å². The van der Waals surface area contributed by atoms with Crippen LogP contribution < -0.4 is 5.32 Å². The van der Waals surface area contributed by atoms with Crippen molar-refractivity contribution < 1.29 is 4.74 Å². The lowest BCUT2D eigenvalue weighted by Gasteiger charge is -2.15. The molecule has 0 saturated carbocycles. The molecule has 1 N–H and O–H groups in total. The molecule has 22 heavy (non-hydrogen) atoms. The van der Waals surface area contributed by atoms with E-state index in [1.807, 2.05) is 19.9 Å². The fourth-order valence-electron chi connectivity index (χ4n) is 2.16. The normalized spacial score (nSPS) is 12.2. The van der Waals surface area contributed by atoms with Crippen molar-refractivity contribution >= 4 is 17.7 Å². The molecule has 1 aromatic carbocycles. The number of nitrogens with zero attached hydrogens (tertiary/aromatic N) is 2. The minimum atomic E-state index is 0.166. The topological polar surface area (TPSA) is 47.0 Å². The van der Waals surface area contributed by atoms with Crippen molar-refractivity contribution in [1.29, 1.82) is 0 Å². The highest BCUT2D eigenvalue weighted by atomic mass is 32.2. The van der Waals surface area contributed by atoms with Crippen LogP contribution in [-0.2, 0) is 4.74 Å². The Balaban J connectivity index is 1.98. The van der Waals surface area contributed by atoms with Crippen LogP contribution in [0.25, 0.3) is 0 Å². The van der Waals surface area contributed by atoms with Gasteiger partial charge in [-0.05, 0) is 44.5 Å². The first-order chi connectivity index (χ1) is 10.6. The molecule has 0 saturated heterocycles. The second kappa shape index (κ2) is 8.15. The van der Waals surface area contributed by atoms with Gasteiger partial charge in [0.2, 0.25) is 5.95 Å². The quantitative estimate of drug-likeness (QED) is 0.617. The molecule has 0 radical (unpaired) electrons. The maximum absolute atomic E-state index is 5.07. The molecule has 0 aliphatic heterocycles. The number of hydrogen-bond acceptors (Lipinski definition) is 5. The van der Waals surface area contributed by atoms with Gasteiger partial charge in [-0.3, -0.25) is 0 Å². The van der Waals surface area contributed by atoms with E-state index in [0.717, 1.165) is 23.7 Å². The highest BCUT2D eigenvalue weighted by molar-refractivity contribution is 7.99. The molecule has 5 heteroatoms. The zero-order valence-corrected chi connectivity index (χ0v) is 14.4. The highest BCUT2D eigenvalue weighted by Gasteiger charge is 2.08. The highest BCUT2D eigenvalue weighted by Crippen LogP contribution is 2.22. The van der Waals surface area contributed by atoms with Gasteiger partial charge in [0.1, 0.15) is 0 Å². The molecular formula is C17H23N3OS. The van der Waals surface area contributed by atoms with E-state index in [1.165, 1.54) is 10.5 Å². The number of methoxy groups -OCH3 is 1. The largest absolute Gasteiger partial charge is 0.384 e. The van der Waals surface area contributed by atoms with Gasteiger partial charge in [-0.2, -0.15) is 0 Å². The number of aryl methyl sites for hydroxylation is 2. The Bertz CT molecular complexity index is 581. The number of nitrogens with one attached hydrogen (secondary N) is 1. The summed E-state index contributed by atoms with van der Waals surface area (Å²) in [7, 11) is 1.73. The summed E-state index contributed by atoms with van der Waals surface area (Å²) >= 11 is 1.80. The Morgan fingerprint density at radius 2 is 1.77 bits per heavy atom. The van der Waals surface area contributed by atoms with Crippen LogP contribution in [0.3, 0.4) is 0 Å². The van der Waals surface area contributed by atoms with Crippen LogP contribution in [0.15, 0.2) is 35.2 Å². The summed E-state index contributed by atoms with van der Waals surface area (Å²) in [5, 5.41) is 3.36. The fourth-order valence-corrected chi connectivity index (χ4v) is 2.98. The number of hydrogen-bond donors (Lipinski definition) is 1. The second-order valence-electron chi connectivity index (χ2n) is 5.25. The van der Waals surface area contributed by atoms with Gasteiger partial charge < -0.3 is 10.1 Å². The Hall–Kier alpha value is -1.59. The van der Waals surface area contributed by atoms with Crippen LogP contribution in [0.4, 0.5) is 5.95 Å². The number of aromatic nitrogens is 2. The van der Waals surface area contributed by atoms with Gasteiger partial charge in [-0.25, -0.2) is 9.97 Å². The lowest BCUT2D eigenvalue weighted by molar-refractivity contribution is 0.218. The number of anilines is 1. The summed E-state index contributed by atoms with van der Waals surface area (Å²) in [5.74, 6) is 1.66. The van der Waals surface area contributed by atoms with Gasteiger partial charge >= 0.3 is 0 Å². The Morgan fingerprint density at radius 1 is 1.14 bits per heavy atom. The van der Waals surface area contributed by atoms with Gasteiger partial charge in [-0.1, -0.05) is 12.1 Å². The molecule has 0 spiro atoms. The van der Waals surface area contributed by atoms with Crippen molar-refractivity contribution in [3.05, 3.63) is 47.3 Å². The zero-order valence-electron chi connectivity index (χ0n) is 13.6. The minimum absolute atomic E-state index is 0.166. The number of thioether (sulfide) groups is 1. The molecular weight excluding hydrogens is 294 g/mol. The average Bonchev–Trinajstić information content (AvgIpc) is 2.47. The van der Waals surface area contributed by atoms with E-state index in [-0.39, 0.29) is 6.04 Å². The first-order valence-corrected chi connectivity index (χ1v) is 8.37. The summed E-state index contributed by atoms with van der Waals surface area (Å²) in [4.78, 5) is 10.1. The van der Waals surface area contributed by atoms with Crippen LogP contribution in [-0.4, -0.2) is 29.4 Å². The monoisotopic (exact) mass is 317 g/mol. The first kappa shape index (κ1) is 16.8. The molecule has 2 aromatic rings. The van der Waals surface area contributed by atoms with E-state index in [1.54, 1.807) is 18.9 Å². The molecule has 0 bridgehead atoms. The molecule has 0 fully saturated rings. The third kappa shape index (κ3) is 5.00. The third-order valence-electron chi connectivity index (χ3n) is 3.26. The molecule has 118 valence electrons. The smallest absolute Gasteiger partial charge is 0.223 e. The third-order valence-corrected chi connectivity index (χ3v) is 4.24. The lowest BCUT2D eigenvalue weighted by Crippen LogP contribution is -2.10. The predicted molar refractivity (Wildman–Crippen MR) is 92.6 cm³/mol. The number of rotatable bonds is 7. The molecule has 1 unspecified atom stereocenters. The SMILES string of the molecule is COCCSc1ccc(C(C)Nc2nc(C)cc(C)n2)cc1. The van der Waals surface area contributed by atoms with Crippen LogP contribution in [0.1, 0.15) is 29.9 Å². The Morgan fingerprint density at radius 3 is 2.36 bits per heavy atom. The zero-order chi connectivity index (χ0) is 15.9. The van der Waals surface area contributed by atoms with Gasteiger partial charge in [0, 0.05) is 29.1 Å². The van der Waals surface area contributed by atoms with E-state index in [0.29, 0.717) is 5.95 Å². The minimum Gasteiger partial charge on any atom is -0.384 e. The fraction of sp³-hybridized carbons (Fsp3) is 0.412. The van der Waals surface area contributed by atoms with Crippen molar-refractivity contribution in [3.63, 3.8) is 0 Å². The summed E-state index contributed by atoms with van der Waals surface area (Å²) in [6.07, 6.45) is 0. The van der Waals surface area contributed by atoms with Crippen molar-refractivity contribution in [2.24, 2.45) is 0 Å². The standard InChI is InChI=1S/C17H23N3OS/c1-12-11-13(2)19-17(18-12)20-14(3)15-5-7-16(8-6-15)22-10-9-21-4/h5-8,11,14H,9-10H2,1-4H3,(H,18,19,20). The summed E-state index contributed by atoms with van der Waals surface area (Å²) in [6, 6.07) is 10.7. The van der Waals surface area contributed by atoms with Crippen molar-refractivity contribution in [2.75, 3.05) is 24.8 Å². The van der Waals surface area contributed by atoms with Crippen LogP contribution in [0.5, 0.6) is 0 Å². The maximum atomic E-state index is 5.07. The van der Waals surface area contributed by atoms with Gasteiger partial charge in [-0.15, -0.1) is 11.8 Å². The first-order valence-electron chi connectivity index (χ1n) is 7.39. The van der Waals surface area contributed by atoms with E-state index >= 15 is 0 Å². The van der Waals surface area contributed by atoms with E-state index < -0.39 is 0 Å². The number of ether oxygens (including phenoxy) is 1. The summed E-state index contributed by atoms with van der Waals surface area (Å²) < 4.78 is 5.07. The molecule has 4 nitrogen and oxygen atoms in total. The lowest BCUT2D eigenvalue weighted by atomic mass is 10.1. The van der Waals surface area contributed by atoms with Crippen molar-refractivity contribution in [3.8, 4) is 0 Å². The van der Waals surface area contributed by atoms with Crippen LogP contribution >= 0.6 is 11.8 Å². The summed E-state index contributed by atoms with van der Waals surface area (Å²) in [6.45, 7) is 6.86.